The van der Waals surface area contributed by atoms with Crippen LogP contribution < -0.4 is 10.6 Å². The van der Waals surface area contributed by atoms with Gasteiger partial charge in [-0.3, -0.25) is 9.59 Å². The van der Waals surface area contributed by atoms with Crippen molar-refractivity contribution in [1.29, 1.82) is 0 Å². The Morgan fingerprint density at radius 2 is 1.79 bits per heavy atom. The second kappa shape index (κ2) is 10.4. The summed E-state index contributed by atoms with van der Waals surface area (Å²) in [5.41, 5.74) is 0.230. The molecule has 29 heavy (non-hydrogen) atoms. The second-order valence-corrected chi connectivity index (χ2v) is 7.57. The van der Waals surface area contributed by atoms with Crippen molar-refractivity contribution in [2.75, 3.05) is 11.9 Å². The summed E-state index contributed by atoms with van der Waals surface area (Å²) in [4.78, 5) is 40.7. The number of aromatic nitrogens is 1. The molecule has 2 amide bonds. The first kappa shape index (κ1) is 22.9. The fourth-order valence-electron chi connectivity index (χ4n) is 2.26. The number of hydrogen-bond donors (Lipinski definition) is 2. The third kappa shape index (κ3) is 6.59. The van der Waals surface area contributed by atoms with Crippen molar-refractivity contribution in [1.82, 2.24) is 10.3 Å². The molecule has 10 heteroatoms. The average molecular weight is 459 g/mol. The summed E-state index contributed by atoms with van der Waals surface area (Å²) in [7, 11) is 0. The zero-order valence-corrected chi connectivity index (χ0v) is 17.8. The number of hydrogen-bond acceptors (Lipinski definition) is 5. The van der Waals surface area contributed by atoms with Crippen LogP contribution in [0.2, 0.25) is 15.1 Å². The van der Waals surface area contributed by atoms with Crippen molar-refractivity contribution in [2.45, 2.75) is 19.9 Å². The first-order valence-corrected chi connectivity index (χ1v) is 9.65. The summed E-state index contributed by atoms with van der Waals surface area (Å²) < 4.78 is 5.03. The number of anilines is 1. The van der Waals surface area contributed by atoms with Crippen LogP contribution in [0.25, 0.3) is 0 Å². The second-order valence-electron chi connectivity index (χ2n) is 6.31. The quantitative estimate of drug-likeness (QED) is 0.612. The molecule has 7 nitrogen and oxygen atoms in total. The number of benzene rings is 1. The molecular formula is C19H18Cl3N3O4. The van der Waals surface area contributed by atoms with Gasteiger partial charge in [0.2, 0.25) is 0 Å². The molecule has 2 aromatic rings. The first-order chi connectivity index (χ1) is 13.7. The Morgan fingerprint density at radius 1 is 1.10 bits per heavy atom. The molecule has 0 radical (unpaired) electrons. The van der Waals surface area contributed by atoms with Crippen molar-refractivity contribution in [3.63, 3.8) is 0 Å². The number of pyridine rings is 1. The van der Waals surface area contributed by atoms with Gasteiger partial charge in [0.05, 0.1) is 20.6 Å². The van der Waals surface area contributed by atoms with Gasteiger partial charge in [-0.05, 0) is 24.1 Å². The van der Waals surface area contributed by atoms with Gasteiger partial charge in [0.25, 0.3) is 11.8 Å². The maximum atomic E-state index is 12.4. The van der Waals surface area contributed by atoms with Gasteiger partial charge in [-0.2, -0.15) is 0 Å². The van der Waals surface area contributed by atoms with E-state index in [4.69, 9.17) is 39.5 Å². The normalized spacial score (nSPS) is 11.7. The van der Waals surface area contributed by atoms with Crippen LogP contribution in [0.15, 0.2) is 36.5 Å². The average Bonchev–Trinajstić information content (AvgIpc) is 2.66. The highest BCUT2D eigenvalue weighted by Gasteiger charge is 2.27. The number of carbonyl (C=O) groups is 3. The maximum Gasteiger partial charge on any atom is 0.329 e. The van der Waals surface area contributed by atoms with E-state index in [-0.39, 0.29) is 27.3 Å². The minimum absolute atomic E-state index is 0.0875. The molecular weight excluding hydrogens is 441 g/mol. The topological polar surface area (TPSA) is 97.4 Å². The Balaban J connectivity index is 1.96. The lowest BCUT2D eigenvalue weighted by atomic mass is 10.0. The largest absolute Gasteiger partial charge is 0.454 e. The number of amides is 2. The van der Waals surface area contributed by atoms with Gasteiger partial charge >= 0.3 is 5.97 Å². The zero-order chi connectivity index (χ0) is 21.6. The van der Waals surface area contributed by atoms with E-state index in [1.165, 1.54) is 18.3 Å². The van der Waals surface area contributed by atoms with Crippen LogP contribution in [0.1, 0.15) is 24.2 Å². The lowest BCUT2D eigenvalue weighted by molar-refractivity contribution is -0.150. The lowest BCUT2D eigenvalue weighted by Gasteiger charge is -2.21. The van der Waals surface area contributed by atoms with E-state index in [9.17, 15) is 14.4 Å². The van der Waals surface area contributed by atoms with Gasteiger partial charge in [0.1, 0.15) is 6.04 Å². The molecule has 0 spiro atoms. The first-order valence-electron chi connectivity index (χ1n) is 8.52. The molecule has 0 aliphatic carbocycles. The van der Waals surface area contributed by atoms with Crippen LogP contribution in [0, 0.1) is 5.92 Å². The van der Waals surface area contributed by atoms with Gasteiger partial charge in [-0.1, -0.05) is 60.8 Å². The number of nitrogens with one attached hydrogen (secondary N) is 2. The van der Waals surface area contributed by atoms with Crippen molar-refractivity contribution in [3.8, 4) is 0 Å². The molecule has 1 heterocycles. The van der Waals surface area contributed by atoms with Gasteiger partial charge in [-0.25, -0.2) is 9.78 Å². The third-order valence-corrected chi connectivity index (χ3v) is 4.56. The van der Waals surface area contributed by atoms with Crippen LogP contribution in [-0.2, 0) is 14.3 Å². The summed E-state index contributed by atoms with van der Waals surface area (Å²) in [5.74, 6) is -2.12. The van der Waals surface area contributed by atoms with E-state index in [0.29, 0.717) is 5.02 Å². The summed E-state index contributed by atoms with van der Waals surface area (Å²) >= 11 is 17.7. The molecule has 2 N–H and O–H groups in total. The summed E-state index contributed by atoms with van der Waals surface area (Å²) in [5, 5.41) is 5.71. The van der Waals surface area contributed by atoms with E-state index in [1.54, 1.807) is 32.0 Å². The van der Waals surface area contributed by atoms with Gasteiger partial charge in [-0.15, -0.1) is 0 Å². The van der Waals surface area contributed by atoms with Crippen molar-refractivity contribution in [3.05, 3.63) is 57.2 Å². The Hall–Kier alpha value is -2.35. The van der Waals surface area contributed by atoms with Crippen molar-refractivity contribution in [2.24, 2.45) is 5.92 Å². The van der Waals surface area contributed by atoms with E-state index in [0.717, 1.165) is 0 Å². The molecule has 1 aromatic heterocycles. The molecule has 0 aliphatic rings. The monoisotopic (exact) mass is 457 g/mol. The number of ether oxygens (including phenoxy) is 1. The summed E-state index contributed by atoms with van der Waals surface area (Å²) in [6, 6.07) is 6.90. The summed E-state index contributed by atoms with van der Waals surface area (Å²) in [6.45, 7) is 2.89. The molecule has 154 valence electrons. The van der Waals surface area contributed by atoms with E-state index >= 15 is 0 Å². The standard InChI is InChI=1S/C19H18Cl3N3O4/c1-10(2)16(25-18(27)12-5-3-4-6-13(12)21)19(28)29-9-15(26)24-17-14(22)7-11(20)8-23-17/h3-8,10,16H,9H2,1-2H3,(H,25,27)(H,23,24,26). The molecule has 1 atom stereocenters. The molecule has 0 bridgehead atoms. The van der Waals surface area contributed by atoms with Crippen LogP contribution in [0.5, 0.6) is 0 Å². The molecule has 1 unspecified atom stereocenters. The van der Waals surface area contributed by atoms with Crippen LogP contribution in [-0.4, -0.2) is 35.4 Å². The molecule has 0 saturated carbocycles. The van der Waals surface area contributed by atoms with Crippen molar-refractivity contribution < 1.29 is 19.1 Å². The van der Waals surface area contributed by atoms with Gasteiger partial charge in [0, 0.05) is 6.20 Å². The van der Waals surface area contributed by atoms with Crippen LogP contribution in [0.3, 0.4) is 0 Å². The Kier molecular flexibility index (Phi) is 8.25. The fraction of sp³-hybridized carbons (Fsp3) is 0.263. The highest BCUT2D eigenvalue weighted by molar-refractivity contribution is 6.36. The number of nitrogens with zero attached hydrogens (tertiary/aromatic N) is 1. The van der Waals surface area contributed by atoms with E-state index < -0.39 is 30.4 Å². The van der Waals surface area contributed by atoms with E-state index in [1.807, 2.05) is 0 Å². The highest BCUT2D eigenvalue weighted by Crippen LogP contribution is 2.22. The number of carbonyl (C=O) groups excluding carboxylic acids is 3. The highest BCUT2D eigenvalue weighted by atomic mass is 35.5. The Labute approximate surface area is 182 Å². The van der Waals surface area contributed by atoms with Crippen LogP contribution >= 0.6 is 34.8 Å². The van der Waals surface area contributed by atoms with E-state index in [2.05, 4.69) is 15.6 Å². The smallest absolute Gasteiger partial charge is 0.329 e. The third-order valence-electron chi connectivity index (χ3n) is 3.74. The number of esters is 1. The van der Waals surface area contributed by atoms with Crippen molar-refractivity contribution >= 4 is 58.4 Å². The lowest BCUT2D eigenvalue weighted by Crippen LogP contribution is -2.46. The fourth-order valence-corrected chi connectivity index (χ4v) is 2.91. The van der Waals surface area contributed by atoms with Crippen LogP contribution in [0.4, 0.5) is 5.82 Å². The predicted molar refractivity (Wildman–Crippen MR) is 111 cm³/mol. The number of halogens is 3. The summed E-state index contributed by atoms with van der Waals surface area (Å²) in [6.07, 6.45) is 1.31. The molecule has 2 rings (SSSR count). The minimum atomic E-state index is -0.969. The SMILES string of the molecule is CC(C)C(NC(=O)c1ccccc1Cl)C(=O)OCC(=O)Nc1ncc(Cl)cc1Cl. The molecule has 1 aromatic carbocycles. The van der Waals surface area contributed by atoms with Gasteiger partial charge < -0.3 is 15.4 Å². The molecule has 0 saturated heterocycles. The molecule has 0 fully saturated rings. The van der Waals surface area contributed by atoms with Gasteiger partial charge in [0.15, 0.2) is 12.4 Å². The number of rotatable bonds is 7. The Bertz CT molecular complexity index is 921. The zero-order valence-electron chi connectivity index (χ0n) is 15.5. The Morgan fingerprint density at radius 3 is 2.41 bits per heavy atom. The predicted octanol–water partition coefficient (Wildman–Crippen LogP) is 3.98. The minimum Gasteiger partial charge on any atom is -0.454 e. The maximum absolute atomic E-state index is 12.4. The molecule has 0 aliphatic heterocycles.